The van der Waals surface area contributed by atoms with Crippen molar-refractivity contribution in [3.05, 3.63) is 59.4 Å². The Kier molecular flexibility index (Phi) is 5.38. The molecule has 0 aliphatic carbocycles. The number of hydrogen-bond donors (Lipinski definition) is 0. The number of methoxy groups -OCH3 is 1. The summed E-state index contributed by atoms with van der Waals surface area (Å²) in [6.07, 6.45) is 1.71. The van der Waals surface area contributed by atoms with Crippen LogP contribution in [0.1, 0.15) is 33.3 Å². The number of hydrogen-bond acceptors (Lipinski definition) is 5. The van der Waals surface area contributed by atoms with Crippen LogP contribution in [-0.2, 0) is 15.9 Å². The van der Waals surface area contributed by atoms with Crippen molar-refractivity contribution in [2.45, 2.75) is 45.4 Å². The Morgan fingerprint density at radius 2 is 1.70 bits per heavy atom. The van der Waals surface area contributed by atoms with E-state index in [0.29, 0.717) is 17.4 Å². The van der Waals surface area contributed by atoms with Crippen LogP contribution in [0.15, 0.2) is 48.8 Å². The van der Waals surface area contributed by atoms with E-state index in [1.54, 1.807) is 18.1 Å². The monoisotopic (exact) mass is 425 g/mol. The molecule has 156 valence electrons. The largest absolute Gasteiger partial charge is 0.497 e. The molecule has 1 aliphatic rings. The van der Waals surface area contributed by atoms with Gasteiger partial charge in [-0.2, -0.15) is 5.10 Å². The standard InChI is InChI=1S/C22H25BClN3O3/c1-21(2)22(3,4)30-23(29-21)16-8-11-18(19(24)12-16)20-25-14-27(26-20)13-15-6-9-17(28-5)10-7-15/h6-12,14H,13H2,1-5H3. The van der Waals surface area contributed by atoms with Gasteiger partial charge in [0.05, 0.1) is 29.9 Å². The normalized spacial score (nSPS) is 17.3. The molecule has 4 rings (SSSR count). The van der Waals surface area contributed by atoms with Gasteiger partial charge in [-0.3, -0.25) is 0 Å². The van der Waals surface area contributed by atoms with Gasteiger partial charge in [0, 0.05) is 5.56 Å². The van der Waals surface area contributed by atoms with Gasteiger partial charge in [-0.15, -0.1) is 0 Å². The molecule has 3 aromatic rings. The SMILES string of the molecule is COc1ccc(Cn2cnc(-c3ccc(B4OC(C)(C)C(C)(C)O4)cc3Cl)n2)cc1. The van der Waals surface area contributed by atoms with Crippen LogP contribution in [-0.4, -0.2) is 40.2 Å². The molecule has 0 amide bonds. The maximum atomic E-state index is 6.57. The zero-order valence-corrected chi connectivity index (χ0v) is 18.6. The average molecular weight is 426 g/mol. The number of benzene rings is 2. The van der Waals surface area contributed by atoms with E-state index < -0.39 is 18.3 Å². The summed E-state index contributed by atoms with van der Waals surface area (Å²) in [5.41, 5.74) is 1.95. The molecule has 0 unspecified atom stereocenters. The van der Waals surface area contributed by atoms with Gasteiger partial charge < -0.3 is 14.0 Å². The zero-order chi connectivity index (χ0) is 21.5. The lowest BCUT2D eigenvalue weighted by Crippen LogP contribution is -2.41. The molecule has 0 N–H and O–H groups in total. The topological polar surface area (TPSA) is 58.4 Å². The first-order chi connectivity index (χ1) is 14.2. The molecule has 1 aromatic heterocycles. The Hall–Kier alpha value is -2.35. The highest BCUT2D eigenvalue weighted by molar-refractivity contribution is 6.62. The molecule has 1 saturated heterocycles. The maximum absolute atomic E-state index is 6.57. The fraction of sp³-hybridized carbons (Fsp3) is 0.364. The summed E-state index contributed by atoms with van der Waals surface area (Å²) < 4.78 is 19.2. The second kappa shape index (κ2) is 7.73. The van der Waals surface area contributed by atoms with Gasteiger partial charge >= 0.3 is 7.12 Å². The molecular weight excluding hydrogens is 401 g/mol. The lowest BCUT2D eigenvalue weighted by atomic mass is 9.79. The predicted molar refractivity (Wildman–Crippen MR) is 118 cm³/mol. The molecule has 30 heavy (non-hydrogen) atoms. The Bertz CT molecular complexity index is 1030. The Morgan fingerprint density at radius 1 is 1.03 bits per heavy atom. The van der Waals surface area contributed by atoms with Gasteiger partial charge in [-0.05, 0) is 63.0 Å². The summed E-state index contributed by atoms with van der Waals surface area (Å²) in [6.45, 7) is 8.73. The number of nitrogens with zero attached hydrogens (tertiary/aromatic N) is 3. The Labute approximate surface area is 182 Å². The Balaban J connectivity index is 1.51. The van der Waals surface area contributed by atoms with Gasteiger partial charge in [0.2, 0.25) is 0 Å². The molecule has 0 spiro atoms. The van der Waals surface area contributed by atoms with E-state index in [1.165, 1.54) is 0 Å². The van der Waals surface area contributed by atoms with E-state index in [9.17, 15) is 0 Å². The van der Waals surface area contributed by atoms with E-state index in [2.05, 4.69) is 10.1 Å². The summed E-state index contributed by atoms with van der Waals surface area (Å²) >= 11 is 6.57. The van der Waals surface area contributed by atoms with E-state index in [-0.39, 0.29) is 0 Å². The Morgan fingerprint density at radius 3 is 2.30 bits per heavy atom. The summed E-state index contributed by atoms with van der Waals surface area (Å²) in [4.78, 5) is 4.43. The van der Waals surface area contributed by atoms with Crippen LogP contribution in [0.4, 0.5) is 0 Å². The quantitative estimate of drug-likeness (QED) is 0.579. The van der Waals surface area contributed by atoms with Crippen molar-refractivity contribution >= 4 is 24.2 Å². The molecule has 1 fully saturated rings. The fourth-order valence-electron chi connectivity index (χ4n) is 3.25. The molecule has 2 heterocycles. The van der Waals surface area contributed by atoms with E-state index in [0.717, 1.165) is 22.3 Å². The van der Waals surface area contributed by atoms with Gasteiger partial charge in [0.15, 0.2) is 5.82 Å². The lowest BCUT2D eigenvalue weighted by Gasteiger charge is -2.32. The van der Waals surface area contributed by atoms with Crippen LogP contribution in [0.5, 0.6) is 5.75 Å². The first kappa shape index (κ1) is 20.9. The minimum Gasteiger partial charge on any atom is -0.497 e. The summed E-state index contributed by atoms with van der Waals surface area (Å²) in [6, 6.07) is 13.6. The van der Waals surface area contributed by atoms with E-state index in [4.69, 9.17) is 25.6 Å². The molecule has 0 atom stereocenters. The third-order valence-electron chi connectivity index (χ3n) is 5.80. The van der Waals surface area contributed by atoms with Crippen molar-refractivity contribution in [3.63, 3.8) is 0 Å². The predicted octanol–water partition coefficient (Wildman–Crippen LogP) is 3.95. The lowest BCUT2D eigenvalue weighted by molar-refractivity contribution is 0.00578. The van der Waals surface area contributed by atoms with Crippen molar-refractivity contribution in [2.24, 2.45) is 0 Å². The second-order valence-corrected chi connectivity index (χ2v) is 8.85. The molecule has 2 aromatic carbocycles. The summed E-state index contributed by atoms with van der Waals surface area (Å²) in [5.74, 6) is 1.40. The number of halogens is 1. The first-order valence-electron chi connectivity index (χ1n) is 9.86. The molecule has 0 bridgehead atoms. The third kappa shape index (κ3) is 3.97. The molecule has 8 heteroatoms. The highest BCUT2D eigenvalue weighted by atomic mass is 35.5. The molecule has 0 saturated carbocycles. The van der Waals surface area contributed by atoms with Crippen LogP contribution in [0, 0.1) is 0 Å². The summed E-state index contributed by atoms with van der Waals surface area (Å²) in [5, 5.41) is 5.14. The zero-order valence-electron chi connectivity index (χ0n) is 17.8. The summed E-state index contributed by atoms with van der Waals surface area (Å²) in [7, 11) is 1.20. The minimum atomic E-state index is -0.456. The number of rotatable bonds is 5. The third-order valence-corrected chi connectivity index (χ3v) is 6.11. The van der Waals surface area contributed by atoms with Crippen molar-refractivity contribution in [2.75, 3.05) is 7.11 Å². The number of ether oxygens (including phenoxy) is 1. The van der Waals surface area contributed by atoms with Crippen molar-refractivity contribution in [3.8, 4) is 17.1 Å². The van der Waals surface area contributed by atoms with E-state index in [1.807, 2.05) is 70.2 Å². The van der Waals surface area contributed by atoms with Crippen molar-refractivity contribution in [1.82, 2.24) is 14.8 Å². The van der Waals surface area contributed by atoms with Crippen LogP contribution in [0.3, 0.4) is 0 Å². The van der Waals surface area contributed by atoms with Crippen LogP contribution < -0.4 is 10.2 Å². The van der Waals surface area contributed by atoms with Gasteiger partial charge in [0.1, 0.15) is 12.1 Å². The van der Waals surface area contributed by atoms with Gasteiger partial charge in [0.25, 0.3) is 0 Å². The molecule has 0 radical (unpaired) electrons. The maximum Gasteiger partial charge on any atom is 0.494 e. The van der Waals surface area contributed by atoms with Gasteiger partial charge in [-0.1, -0.05) is 29.8 Å². The van der Waals surface area contributed by atoms with Crippen molar-refractivity contribution < 1.29 is 14.0 Å². The van der Waals surface area contributed by atoms with Gasteiger partial charge in [-0.25, -0.2) is 9.67 Å². The van der Waals surface area contributed by atoms with Crippen molar-refractivity contribution in [1.29, 1.82) is 0 Å². The van der Waals surface area contributed by atoms with E-state index >= 15 is 0 Å². The average Bonchev–Trinajstić information content (AvgIpc) is 3.23. The fourth-order valence-corrected chi connectivity index (χ4v) is 3.52. The first-order valence-corrected chi connectivity index (χ1v) is 10.2. The molecule has 1 aliphatic heterocycles. The number of aromatic nitrogens is 3. The molecular formula is C22H25BClN3O3. The van der Waals surface area contributed by atoms with Crippen LogP contribution in [0.25, 0.3) is 11.4 Å². The minimum absolute atomic E-state index is 0.398. The molecule has 6 nitrogen and oxygen atoms in total. The second-order valence-electron chi connectivity index (χ2n) is 8.44. The smallest absolute Gasteiger partial charge is 0.494 e. The van der Waals surface area contributed by atoms with Crippen LogP contribution in [0.2, 0.25) is 5.02 Å². The highest BCUT2D eigenvalue weighted by Crippen LogP contribution is 2.37. The van der Waals surface area contributed by atoms with Crippen LogP contribution >= 0.6 is 11.6 Å². The highest BCUT2D eigenvalue weighted by Gasteiger charge is 2.51.